The van der Waals surface area contributed by atoms with E-state index in [0.29, 0.717) is 0 Å². The molecule has 1 aliphatic rings. The molecule has 0 radical (unpaired) electrons. The number of piperidine rings is 1. The zero-order chi connectivity index (χ0) is 22.1. The van der Waals surface area contributed by atoms with E-state index in [4.69, 9.17) is 4.74 Å². The summed E-state index contributed by atoms with van der Waals surface area (Å²) in [6.45, 7) is 10.3. The molecule has 1 atom stereocenters. The van der Waals surface area contributed by atoms with Gasteiger partial charge in [0.2, 0.25) is 0 Å². The average Bonchev–Trinajstić information content (AvgIpc) is 2.67. The molecule has 1 amide bonds. The molecule has 2 aromatic rings. The predicted octanol–water partition coefficient (Wildman–Crippen LogP) is 3.81. The van der Waals surface area contributed by atoms with Crippen molar-refractivity contribution in [3.63, 3.8) is 0 Å². The molecule has 1 saturated heterocycles. The van der Waals surface area contributed by atoms with Gasteiger partial charge in [-0.2, -0.15) is 0 Å². The lowest BCUT2D eigenvalue weighted by Gasteiger charge is -2.44. The van der Waals surface area contributed by atoms with Gasteiger partial charge >= 0.3 is 6.09 Å². The van der Waals surface area contributed by atoms with Crippen LogP contribution in [0.15, 0.2) is 35.1 Å². The molecule has 0 spiro atoms. The van der Waals surface area contributed by atoms with Gasteiger partial charge in [-0.3, -0.25) is 4.79 Å². The first-order valence-electron chi connectivity index (χ1n) is 10.6. The van der Waals surface area contributed by atoms with Gasteiger partial charge in [-0.15, -0.1) is 0 Å². The first-order valence-corrected chi connectivity index (χ1v) is 10.6. The Hall–Kier alpha value is -2.54. The van der Waals surface area contributed by atoms with Crippen LogP contribution in [-0.2, 0) is 0 Å². The summed E-state index contributed by atoms with van der Waals surface area (Å²) in [5.41, 5.74) is 0.429. The van der Waals surface area contributed by atoms with E-state index < -0.39 is 11.6 Å². The minimum Gasteiger partial charge on any atom is -0.497 e. The van der Waals surface area contributed by atoms with Gasteiger partial charge in [-0.1, -0.05) is 0 Å². The Morgan fingerprint density at radius 3 is 2.43 bits per heavy atom. The Labute approximate surface area is 177 Å². The number of amides is 1. The van der Waals surface area contributed by atoms with E-state index in [0.717, 1.165) is 49.1 Å². The van der Waals surface area contributed by atoms with E-state index in [-0.39, 0.29) is 17.6 Å². The second kappa shape index (κ2) is 8.68. The van der Waals surface area contributed by atoms with Crippen LogP contribution in [0.5, 0.6) is 5.75 Å². The van der Waals surface area contributed by atoms with Crippen molar-refractivity contribution in [1.29, 1.82) is 0 Å². The maximum atomic E-state index is 12.7. The molecule has 0 aliphatic carbocycles. The van der Waals surface area contributed by atoms with Gasteiger partial charge in [0.1, 0.15) is 5.75 Å². The summed E-state index contributed by atoms with van der Waals surface area (Å²) in [6.07, 6.45) is 0.744. The fraction of sp³-hybridized carbons (Fsp3) is 0.565. The standard InChI is InChI=1S/C23H33N3O4/c1-16(25-20-14-19(30-5)8-6-17(20)7-9-21(25)27)15-24-12-10-18(11-13-24)26(22(28)29)23(2,3)4/h6-9,14,16,18H,10-13,15H2,1-5H3,(H,28,29). The molecule has 1 aromatic heterocycles. The number of ether oxygens (including phenoxy) is 1. The largest absolute Gasteiger partial charge is 0.497 e. The summed E-state index contributed by atoms with van der Waals surface area (Å²) >= 11 is 0. The number of carboxylic acid groups (broad SMARTS) is 1. The topological polar surface area (TPSA) is 75.0 Å². The van der Waals surface area contributed by atoms with Crippen LogP contribution in [0.25, 0.3) is 10.9 Å². The molecule has 30 heavy (non-hydrogen) atoms. The highest BCUT2D eigenvalue weighted by Gasteiger charge is 2.35. The molecule has 164 valence electrons. The predicted molar refractivity (Wildman–Crippen MR) is 119 cm³/mol. The summed E-state index contributed by atoms with van der Waals surface area (Å²) < 4.78 is 7.19. The Kier molecular flexibility index (Phi) is 6.41. The number of carbonyl (C=O) groups is 1. The number of rotatable bonds is 5. The molecule has 1 unspecified atom stereocenters. The van der Waals surface area contributed by atoms with Gasteiger partial charge in [0.15, 0.2) is 0 Å². The molecule has 7 nitrogen and oxygen atoms in total. The Bertz CT molecular complexity index is 955. The summed E-state index contributed by atoms with van der Waals surface area (Å²) in [5, 5.41) is 10.7. The Balaban J connectivity index is 1.74. The van der Waals surface area contributed by atoms with E-state index in [9.17, 15) is 14.7 Å². The van der Waals surface area contributed by atoms with Gasteiger partial charge in [0.05, 0.1) is 12.6 Å². The molecule has 2 heterocycles. The third-order valence-electron chi connectivity index (χ3n) is 5.95. The van der Waals surface area contributed by atoms with Gasteiger partial charge in [-0.25, -0.2) is 4.79 Å². The fourth-order valence-corrected chi connectivity index (χ4v) is 4.62. The third kappa shape index (κ3) is 4.61. The van der Waals surface area contributed by atoms with Crippen LogP contribution in [0.2, 0.25) is 0 Å². The smallest absolute Gasteiger partial charge is 0.407 e. The van der Waals surface area contributed by atoms with Crippen LogP contribution in [-0.4, -0.2) is 63.9 Å². The first kappa shape index (κ1) is 22.2. The monoisotopic (exact) mass is 415 g/mol. The molecular formula is C23H33N3O4. The van der Waals surface area contributed by atoms with Crippen molar-refractivity contribution in [2.24, 2.45) is 0 Å². The number of likely N-dealkylation sites (tertiary alicyclic amines) is 1. The maximum absolute atomic E-state index is 12.7. The fourth-order valence-electron chi connectivity index (χ4n) is 4.62. The van der Waals surface area contributed by atoms with Crippen LogP contribution in [0, 0.1) is 0 Å². The van der Waals surface area contributed by atoms with Crippen LogP contribution >= 0.6 is 0 Å². The molecule has 1 N–H and O–H groups in total. The molecule has 1 aromatic carbocycles. The summed E-state index contributed by atoms with van der Waals surface area (Å²) in [7, 11) is 1.62. The van der Waals surface area contributed by atoms with Crippen LogP contribution < -0.4 is 10.3 Å². The molecule has 1 aliphatic heterocycles. The number of nitrogens with zero attached hydrogens (tertiary/aromatic N) is 3. The number of hydrogen-bond donors (Lipinski definition) is 1. The number of fused-ring (bicyclic) bond motifs is 1. The van der Waals surface area contributed by atoms with Crippen molar-refractivity contribution in [2.45, 2.75) is 58.2 Å². The summed E-state index contributed by atoms with van der Waals surface area (Å²) in [4.78, 5) is 28.4. The van der Waals surface area contributed by atoms with E-state index in [2.05, 4.69) is 11.8 Å². The van der Waals surface area contributed by atoms with E-state index in [1.807, 2.05) is 49.6 Å². The van der Waals surface area contributed by atoms with Crippen molar-refractivity contribution in [2.75, 3.05) is 26.7 Å². The van der Waals surface area contributed by atoms with Gasteiger partial charge < -0.3 is 24.2 Å². The lowest BCUT2D eigenvalue weighted by atomic mass is 9.96. The minimum atomic E-state index is -0.856. The molecule has 1 fully saturated rings. The number of benzene rings is 1. The Morgan fingerprint density at radius 2 is 1.87 bits per heavy atom. The highest BCUT2D eigenvalue weighted by molar-refractivity contribution is 5.80. The quantitative estimate of drug-likeness (QED) is 0.804. The zero-order valence-corrected chi connectivity index (χ0v) is 18.6. The molecule has 7 heteroatoms. The molecule has 3 rings (SSSR count). The van der Waals surface area contributed by atoms with E-state index >= 15 is 0 Å². The molecule has 0 saturated carbocycles. The first-order chi connectivity index (χ1) is 14.1. The van der Waals surface area contributed by atoms with Crippen LogP contribution in [0.1, 0.15) is 46.6 Å². The van der Waals surface area contributed by atoms with Crippen LogP contribution in [0.4, 0.5) is 4.79 Å². The summed E-state index contributed by atoms with van der Waals surface area (Å²) in [5.74, 6) is 0.728. The average molecular weight is 416 g/mol. The highest BCUT2D eigenvalue weighted by atomic mass is 16.5. The molecular weight excluding hydrogens is 382 g/mol. The maximum Gasteiger partial charge on any atom is 0.407 e. The normalized spacial score (nSPS) is 17.1. The highest BCUT2D eigenvalue weighted by Crippen LogP contribution is 2.26. The van der Waals surface area contributed by atoms with Gasteiger partial charge in [-0.05, 0) is 64.1 Å². The van der Waals surface area contributed by atoms with E-state index in [1.54, 1.807) is 18.1 Å². The zero-order valence-electron chi connectivity index (χ0n) is 18.6. The van der Waals surface area contributed by atoms with Crippen molar-refractivity contribution < 1.29 is 14.6 Å². The Morgan fingerprint density at radius 1 is 1.23 bits per heavy atom. The second-order valence-electron chi connectivity index (χ2n) is 9.17. The van der Waals surface area contributed by atoms with E-state index in [1.165, 1.54) is 0 Å². The van der Waals surface area contributed by atoms with Gasteiger partial charge in [0, 0.05) is 49.4 Å². The number of methoxy groups -OCH3 is 1. The number of hydrogen-bond acceptors (Lipinski definition) is 4. The number of pyridine rings is 1. The van der Waals surface area contributed by atoms with Gasteiger partial charge in [0.25, 0.3) is 5.56 Å². The number of aromatic nitrogens is 1. The van der Waals surface area contributed by atoms with Crippen LogP contribution in [0.3, 0.4) is 0 Å². The summed E-state index contributed by atoms with van der Waals surface area (Å²) in [6, 6.07) is 9.25. The lowest BCUT2D eigenvalue weighted by molar-refractivity contribution is 0.0402. The SMILES string of the molecule is COc1ccc2ccc(=O)n(C(C)CN3CCC(N(C(=O)O)C(C)(C)C)CC3)c2c1. The third-order valence-corrected chi connectivity index (χ3v) is 5.95. The lowest BCUT2D eigenvalue weighted by Crippen LogP contribution is -2.55. The molecule has 0 bridgehead atoms. The van der Waals surface area contributed by atoms with Crippen molar-refractivity contribution in [3.8, 4) is 5.75 Å². The van der Waals surface area contributed by atoms with Crippen molar-refractivity contribution in [3.05, 3.63) is 40.7 Å². The van der Waals surface area contributed by atoms with Crippen molar-refractivity contribution >= 4 is 17.0 Å². The minimum absolute atomic E-state index is 0.0111. The second-order valence-corrected chi connectivity index (χ2v) is 9.17. The van der Waals surface area contributed by atoms with Crippen molar-refractivity contribution in [1.82, 2.24) is 14.4 Å².